The van der Waals surface area contributed by atoms with Gasteiger partial charge in [-0.05, 0) is 48.5 Å². The van der Waals surface area contributed by atoms with E-state index in [1.807, 2.05) is 54.6 Å². The molecule has 0 amide bonds. The molecular weight excluding hydrogens is 637 g/mol. The first-order valence-electron chi connectivity index (χ1n) is 17.4. The van der Waals surface area contributed by atoms with Gasteiger partial charge >= 0.3 is 0 Å². The Morgan fingerprint density at radius 1 is 0.423 bits per heavy atom. The summed E-state index contributed by atoms with van der Waals surface area (Å²) in [6.45, 7) is 0. The van der Waals surface area contributed by atoms with Crippen molar-refractivity contribution in [2.24, 2.45) is 0 Å². The van der Waals surface area contributed by atoms with Crippen LogP contribution in [0.25, 0.3) is 71.9 Å². The predicted octanol–water partition coefficient (Wildman–Crippen LogP) is 11.6. The predicted molar refractivity (Wildman–Crippen MR) is 215 cm³/mol. The van der Waals surface area contributed by atoms with E-state index in [0.29, 0.717) is 11.6 Å². The molecule has 0 radical (unpaired) electrons. The fourth-order valence-electron chi connectivity index (χ4n) is 7.45. The maximum absolute atomic E-state index is 5.26. The highest BCUT2D eigenvalue weighted by Gasteiger charge is 2.23. The Bertz CT molecular complexity index is 2880. The van der Waals surface area contributed by atoms with Crippen molar-refractivity contribution in [2.45, 2.75) is 0 Å². The molecule has 6 nitrogen and oxygen atoms in total. The van der Waals surface area contributed by atoms with Crippen LogP contribution in [-0.4, -0.2) is 19.2 Å². The molecule has 10 rings (SSSR count). The van der Waals surface area contributed by atoms with Crippen molar-refractivity contribution in [1.29, 1.82) is 0 Å². The average Bonchev–Trinajstić information content (AvgIpc) is 3.72. The molecule has 0 spiro atoms. The third-order valence-corrected chi connectivity index (χ3v) is 9.74. The number of hydrogen-bond donors (Lipinski definition) is 2. The molecular formula is C46H32N6. The summed E-state index contributed by atoms with van der Waals surface area (Å²) in [7, 11) is 0. The van der Waals surface area contributed by atoms with Crippen LogP contribution in [0.4, 0.5) is 17.2 Å². The molecule has 3 aromatic heterocycles. The van der Waals surface area contributed by atoms with Gasteiger partial charge in [0.1, 0.15) is 11.4 Å². The highest BCUT2D eigenvalue weighted by molar-refractivity contribution is 6.28. The topological polar surface area (TPSA) is 59.7 Å². The van der Waals surface area contributed by atoms with Crippen molar-refractivity contribution in [1.82, 2.24) is 19.2 Å². The van der Waals surface area contributed by atoms with Crippen LogP contribution >= 0.6 is 0 Å². The molecule has 0 aliphatic carbocycles. The molecule has 3 heterocycles. The number of rotatable bonds is 7. The highest BCUT2D eigenvalue weighted by Crippen LogP contribution is 2.42. The van der Waals surface area contributed by atoms with Gasteiger partial charge in [0.2, 0.25) is 0 Å². The van der Waals surface area contributed by atoms with Gasteiger partial charge < -0.3 is 9.88 Å². The van der Waals surface area contributed by atoms with E-state index in [2.05, 4.69) is 147 Å². The number of nitrogens with one attached hydrogen (secondary N) is 2. The zero-order valence-corrected chi connectivity index (χ0v) is 28.1. The second-order valence-electron chi connectivity index (χ2n) is 12.8. The summed E-state index contributed by atoms with van der Waals surface area (Å²) in [5.74, 6) is 1.29. The van der Waals surface area contributed by atoms with Crippen LogP contribution in [0.1, 0.15) is 0 Å². The number of para-hydroxylation sites is 4. The van der Waals surface area contributed by atoms with Gasteiger partial charge in [0, 0.05) is 44.0 Å². The Hall–Kier alpha value is -7.18. The quantitative estimate of drug-likeness (QED) is 0.177. The molecule has 7 aromatic carbocycles. The molecule has 10 aromatic rings. The van der Waals surface area contributed by atoms with Gasteiger partial charge in [-0.3, -0.25) is 10.1 Å². The molecule has 0 saturated carbocycles. The Morgan fingerprint density at radius 3 is 1.67 bits per heavy atom. The third-order valence-electron chi connectivity index (χ3n) is 9.74. The number of fused-ring (bicyclic) bond motifs is 7. The van der Waals surface area contributed by atoms with Crippen LogP contribution in [0.5, 0.6) is 0 Å². The minimum absolute atomic E-state index is 0.634. The van der Waals surface area contributed by atoms with Crippen LogP contribution in [0.3, 0.4) is 0 Å². The number of nitrogens with zero attached hydrogens (tertiary/aromatic N) is 4. The minimum Gasteiger partial charge on any atom is -0.351 e. The second-order valence-corrected chi connectivity index (χ2v) is 12.8. The molecule has 0 aliphatic heterocycles. The molecule has 0 aliphatic rings. The van der Waals surface area contributed by atoms with Crippen LogP contribution in [-0.2, 0) is 0 Å². The second kappa shape index (κ2) is 12.3. The lowest BCUT2D eigenvalue weighted by atomic mass is 10.1. The third kappa shape index (κ3) is 4.88. The van der Waals surface area contributed by atoms with E-state index in [9.17, 15) is 0 Å². The summed E-state index contributed by atoms with van der Waals surface area (Å²) in [4.78, 5) is 10.5. The zero-order valence-electron chi connectivity index (χ0n) is 28.1. The Labute approximate surface area is 300 Å². The van der Waals surface area contributed by atoms with Crippen LogP contribution in [0.2, 0.25) is 0 Å². The largest absolute Gasteiger partial charge is 0.351 e. The minimum atomic E-state index is 0.634. The van der Waals surface area contributed by atoms with Crippen LogP contribution in [0, 0.1) is 0 Å². The van der Waals surface area contributed by atoms with Gasteiger partial charge in [-0.1, -0.05) is 133 Å². The SMILES string of the molecule is c1ccc(Nc2c(Nn3c4ccccc4c4c5c6ccccc6n(-c6ccccc6)c5ccc43)nc(-c3ccccc3)nc2-c2ccccc2)cc1. The summed E-state index contributed by atoms with van der Waals surface area (Å²) in [5.41, 5.74) is 13.8. The van der Waals surface area contributed by atoms with Crippen LogP contribution < -0.4 is 10.7 Å². The molecule has 0 bridgehead atoms. The van der Waals surface area contributed by atoms with Gasteiger partial charge in [0.25, 0.3) is 0 Å². The summed E-state index contributed by atoms with van der Waals surface area (Å²) in [6, 6.07) is 63.0. The lowest BCUT2D eigenvalue weighted by Gasteiger charge is -2.20. The molecule has 2 N–H and O–H groups in total. The Kier molecular flexibility index (Phi) is 7.03. The molecule has 0 atom stereocenters. The number of benzene rings is 7. The maximum Gasteiger partial charge on any atom is 0.173 e. The molecule has 52 heavy (non-hydrogen) atoms. The van der Waals surface area contributed by atoms with E-state index in [-0.39, 0.29) is 0 Å². The van der Waals surface area contributed by atoms with E-state index in [0.717, 1.165) is 55.8 Å². The Morgan fingerprint density at radius 2 is 0.962 bits per heavy atom. The zero-order chi connectivity index (χ0) is 34.4. The fourth-order valence-corrected chi connectivity index (χ4v) is 7.45. The van der Waals surface area contributed by atoms with Gasteiger partial charge in [-0.15, -0.1) is 0 Å². The summed E-state index contributed by atoms with van der Waals surface area (Å²) in [6.07, 6.45) is 0. The Balaban J connectivity index is 1.26. The summed E-state index contributed by atoms with van der Waals surface area (Å²) >= 11 is 0. The van der Waals surface area contributed by atoms with E-state index < -0.39 is 0 Å². The van der Waals surface area contributed by atoms with Gasteiger partial charge in [-0.2, -0.15) is 0 Å². The van der Waals surface area contributed by atoms with E-state index >= 15 is 0 Å². The monoisotopic (exact) mass is 668 g/mol. The van der Waals surface area contributed by atoms with E-state index in [1.54, 1.807) is 0 Å². The fraction of sp³-hybridized carbons (Fsp3) is 0. The van der Waals surface area contributed by atoms with Crippen molar-refractivity contribution < 1.29 is 0 Å². The van der Waals surface area contributed by atoms with E-state index in [4.69, 9.17) is 9.97 Å². The first-order valence-corrected chi connectivity index (χ1v) is 17.4. The number of anilines is 3. The number of hydrogen-bond acceptors (Lipinski definition) is 4. The van der Waals surface area contributed by atoms with Gasteiger partial charge in [0.15, 0.2) is 11.6 Å². The average molecular weight is 669 g/mol. The molecule has 246 valence electrons. The first-order chi connectivity index (χ1) is 25.8. The summed E-state index contributed by atoms with van der Waals surface area (Å²) in [5, 5.41) is 8.47. The van der Waals surface area contributed by atoms with Crippen molar-refractivity contribution in [3.63, 3.8) is 0 Å². The lowest BCUT2D eigenvalue weighted by Crippen LogP contribution is -2.14. The standard InChI is InChI=1S/C46H32N6/c1-5-17-31(18-6-1)43-44(47-33-21-9-3-10-22-33)46(49-45(48-43)32-19-7-2-8-20-32)50-52-38-28-16-14-26-36(38)42-40(52)30-29-39-41(42)35-25-13-15-27-37(35)51(39)34-23-11-4-12-24-34/h1-30,47H,(H,48,49,50). The highest BCUT2D eigenvalue weighted by atomic mass is 15.4. The maximum atomic E-state index is 5.26. The smallest absolute Gasteiger partial charge is 0.173 e. The molecule has 0 saturated heterocycles. The van der Waals surface area contributed by atoms with Crippen molar-refractivity contribution in [3.05, 3.63) is 182 Å². The van der Waals surface area contributed by atoms with Gasteiger partial charge in [0.05, 0.1) is 22.1 Å². The van der Waals surface area contributed by atoms with Gasteiger partial charge in [-0.25, -0.2) is 9.97 Å². The van der Waals surface area contributed by atoms with Crippen LogP contribution in [0.15, 0.2) is 182 Å². The van der Waals surface area contributed by atoms with E-state index in [1.165, 1.54) is 21.7 Å². The molecule has 0 unspecified atom stereocenters. The van der Waals surface area contributed by atoms with Crippen molar-refractivity contribution in [3.8, 4) is 28.3 Å². The summed E-state index contributed by atoms with van der Waals surface area (Å²) < 4.78 is 4.55. The number of aromatic nitrogens is 4. The van der Waals surface area contributed by atoms with Crippen molar-refractivity contribution >= 4 is 60.8 Å². The molecule has 6 heteroatoms. The first kappa shape index (κ1) is 29.7. The molecule has 0 fully saturated rings. The lowest BCUT2D eigenvalue weighted by molar-refractivity contribution is 1.02. The van der Waals surface area contributed by atoms with Crippen molar-refractivity contribution in [2.75, 3.05) is 10.7 Å². The normalized spacial score (nSPS) is 11.5.